The Morgan fingerprint density at radius 3 is 2.21 bits per heavy atom. The van der Waals surface area contributed by atoms with E-state index in [9.17, 15) is 10.4 Å². The lowest BCUT2D eigenvalue weighted by Crippen LogP contribution is -2.21. The first kappa shape index (κ1) is 11.9. The average molecular weight is 251 g/mol. The average Bonchev–Trinajstić information content (AvgIpc) is 3.24. The maximum atomic E-state index is 10.4. The van der Waals surface area contributed by atoms with Gasteiger partial charge in [0.25, 0.3) is 0 Å². The Hall–Kier alpha value is -2.15. The lowest BCUT2D eigenvalue weighted by molar-refractivity contribution is 0.104. The summed E-state index contributed by atoms with van der Waals surface area (Å²) in [5, 5.41) is 19.8. The fraction of sp³-hybridized carbons (Fsp3) is 0.188. The van der Waals surface area contributed by atoms with Crippen molar-refractivity contribution in [3.8, 4) is 6.07 Å². The van der Waals surface area contributed by atoms with E-state index in [4.69, 9.17) is 4.74 Å². The number of ether oxygens (including phenoxy) is 1. The molecule has 3 atom stereocenters. The molecule has 1 saturated heterocycles. The van der Waals surface area contributed by atoms with Crippen LogP contribution in [0.2, 0.25) is 0 Å². The fourth-order valence-corrected chi connectivity index (χ4v) is 2.34. The van der Waals surface area contributed by atoms with Crippen LogP contribution in [0.4, 0.5) is 0 Å². The van der Waals surface area contributed by atoms with E-state index in [0.29, 0.717) is 5.56 Å². The fourth-order valence-electron chi connectivity index (χ4n) is 2.34. The van der Waals surface area contributed by atoms with Crippen molar-refractivity contribution in [2.45, 2.75) is 17.8 Å². The second-order valence-electron chi connectivity index (χ2n) is 4.63. The minimum absolute atomic E-state index is 0.367. The van der Waals surface area contributed by atoms with Crippen LogP contribution in [0.1, 0.15) is 23.3 Å². The van der Waals surface area contributed by atoms with E-state index in [1.54, 1.807) is 12.1 Å². The van der Waals surface area contributed by atoms with Gasteiger partial charge >= 0.3 is 0 Å². The Labute approximate surface area is 111 Å². The zero-order valence-corrected chi connectivity index (χ0v) is 10.2. The Kier molecular flexibility index (Phi) is 2.83. The highest BCUT2D eigenvalue weighted by Crippen LogP contribution is 2.56. The summed E-state index contributed by atoms with van der Waals surface area (Å²) in [6.07, 6.45) is -1.31. The molecule has 0 aliphatic carbocycles. The highest BCUT2D eigenvalue weighted by Gasteiger charge is 2.63. The molecule has 0 radical (unpaired) electrons. The van der Waals surface area contributed by atoms with Gasteiger partial charge in [0.05, 0.1) is 0 Å². The van der Waals surface area contributed by atoms with Crippen LogP contribution < -0.4 is 0 Å². The second-order valence-corrected chi connectivity index (χ2v) is 4.63. The van der Waals surface area contributed by atoms with Crippen molar-refractivity contribution in [2.75, 3.05) is 0 Å². The molecule has 1 aliphatic rings. The molecule has 3 heteroatoms. The number of rotatable bonds is 3. The third-order valence-electron chi connectivity index (χ3n) is 3.44. The summed E-state index contributed by atoms with van der Waals surface area (Å²) in [5.74, 6) is 0. The van der Waals surface area contributed by atoms with Gasteiger partial charge in [-0.25, -0.2) is 0 Å². The third kappa shape index (κ3) is 1.91. The molecule has 0 saturated carbocycles. The quantitative estimate of drug-likeness (QED) is 0.853. The topological polar surface area (TPSA) is 56.5 Å². The number of benzene rings is 2. The Bertz CT molecular complexity index is 606. The monoisotopic (exact) mass is 251 g/mol. The molecule has 2 aromatic rings. The minimum atomic E-state index is -1.16. The van der Waals surface area contributed by atoms with Gasteiger partial charge in [-0.15, -0.1) is 0 Å². The van der Waals surface area contributed by atoms with Crippen LogP contribution in [0, 0.1) is 11.3 Å². The maximum Gasteiger partial charge on any atom is 0.215 e. The highest BCUT2D eigenvalue weighted by molar-refractivity contribution is 5.37. The lowest BCUT2D eigenvalue weighted by Gasteiger charge is -2.13. The molecule has 2 aromatic carbocycles. The molecule has 94 valence electrons. The summed E-state index contributed by atoms with van der Waals surface area (Å²) >= 11 is 0. The summed E-state index contributed by atoms with van der Waals surface area (Å²) in [5.41, 5.74) is 0.449. The molecule has 1 N–H and O–H groups in total. The molecule has 0 aromatic heterocycles. The number of nitriles is 1. The summed E-state index contributed by atoms with van der Waals surface area (Å²) in [6.45, 7) is 0. The van der Waals surface area contributed by atoms with Crippen LogP contribution in [0.25, 0.3) is 0 Å². The molecule has 1 fully saturated rings. The highest BCUT2D eigenvalue weighted by atomic mass is 16.6. The minimum Gasteiger partial charge on any atom is -0.384 e. The Morgan fingerprint density at radius 2 is 1.63 bits per heavy atom. The number of epoxide rings is 1. The number of nitrogens with zero attached hydrogens (tertiary/aromatic N) is 1. The third-order valence-corrected chi connectivity index (χ3v) is 3.44. The number of aliphatic hydroxyl groups excluding tert-OH is 1. The molecule has 3 nitrogen and oxygen atoms in total. The van der Waals surface area contributed by atoms with Crippen LogP contribution in [-0.2, 0) is 4.74 Å². The van der Waals surface area contributed by atoms with E-state index in [1.165, 1.54) is 0 Å². The molecule has 0 unspecified atom stereocenters. The lowest BCUT2D eigenvalue weighted by atomic mass is 9.91. The first-order valence-corrected chi connectivity index (χ1v) is 6.15. The van der Waals surface area contributed by atoms with Crippen LogP contribution in [0.3, 0.4) is 0 Å². The van der Waals surface area contributed by atoms with E-state index in [-0.39, 0.29) is 6.10 Å². The summed E-state index contributed by atoms with van der Waals surface area (Å²) in [7, 11) is 0. The summed E-state index contributed by atoms with van der Waals surface area (Å²) in [4.78, 5) is 0. The molecular weight excluding hydrogens is 238 g/mol. The SMILES string of the molecule is N#C[C@@]1([C@@H](O)c2ccccc2)O[C@H]1c1ccccc1. The van der Waals surface area contributed by atoms with Gasteiger partial charge in [0.2, 0.25) is 5.60 Å². The first-order valence-electron chi connectivity index (χ1n) is 6.15. The molecule has 19 heavy (non-hydrogen) atoms. The van der Waals surface area contributed by atoms with Crippen molar-refractivity contribution in [1.82, 2.24) is 0 Å². The van der Waals surface area contributed by atoms with Crippen LogP contribution in [0.5, 0.6) is 0 Å². The van der Waals surface area contributed by atoms with Gasteiger partial charge in [-0.2, -0.15) is 5.26 Å². The smallest absolute Gasteiger partial charge is 0.215 e. The largest absolute Gasteiger partial charge is 0.384 e. The van der Waals surface area contributed by atoms with Crippen LogP contribution >= 0.6 is 0 Å². The maximum absolute atomic E-state index is 10.4. The van der Waals surface area contributed by atoms with E-state index in [1.807, 2.05) is 48.5 Å². The van der Waals surface area contributed by atoms with Crippen LogP contribution in [0.15, 0.2) is 60.7 Å². The normalized spacial score (nSPS) is 26.4. The second kappa shape index (κ2) is 4.51. The summed E-state index contributed by atoms with van der Waals surface area (Å²) in [6, 6.07) is 20.8. The van der Waals surface area contributed by atoms with Crippen molar-refractivity contribution in [3.63, 3.8) is 0 Å². The molecule has 3 rings (SSSR count). The predicted molar refractivity (Wildman–Crippen MR) is 70.0 cm³/mol. The van der Waals surface area contributed by atoms with Crippen molar-refractivity contribution in [1.29, 1.82) is 5.26 Å². The number of hydrogen-bond donors (Lipinski definition) is 1. The van der Waals surface area contributed by atoms with Crippen molar-refractivity contribution in [3.05, 3.63) is 71.8 Å². The number of aliphatic hydroxyl groups is 1. The number of hydrogen-bond acceptors (Lipinski definition) is 3. The zero-order valence-electron chi connectivity index (χ0n) is 10.2. The van der Waals surface area contributed by atoms with Gasteiger partial charge in [-0.1, -0.05) is 60.7 Å². The van der Waals surface area contributed by atoms with Gasteiger partial charge in [0, 0.05) is 0 Å². The van der Waals surface area contributed by atoms with Crippen molar-refractivity contribution >= 4 is 0 Å². The van der Waals surface area contributed by atoms with Crippen LogP contribution in [-0.4, -0.2) is 10.7 Å². The van der Waals surface area contributed by atoms with E-state index in [2.05, 4.69) is 6.07 Å². The van der Waals surface area contributed by atoms with E-state index < -0.39 is 11.7 Å². The van der Waals surface area contributed by atoms with Gasteiger partial charge in [-0.3, -0.25) is 0 Å². The molecular formula is C16H13NO2. The molecule has 0 spiro atoms. The van der Waals surface area contributed by atoms with Gasteiger partial charge in [0.15, 0.2) is 0 Å². The standard InChI is InChI=1S/C16H13NO2/c17-11-16(14(18)12-7-3-1-4-8-12)15(19-16)13-9-5-2-6-10-13/h1-10,14-15,18H/t14-,15-,16-/m0/s1. The van der Waals surface area contributed by atoms with Gasteiger partial charge in [-0.05, 0) is 11.1 Å². The Balaban J connectivity index is 1.90. The molecule has 0 bridgehead atoms. The van der Waals surface area contributed by atoms with Gasteiger partial charge in [0.1, 0.15) is 18.3 Å². The zero-order chi connectivity index (χ0) is 13.3. The van der Waals surface area contributed by atoms with Gasteiger partial charge < -0.3 is 9.84 Å². The molecule has 1 heterocycles. The first-order chi connectivity index (χ1) is 9.28. The van der Waals surface area contributed by atoms with E-state index in [0.717, 1.165) is 5.56 Å². The molecule has 0 amide bonds. The summed E-state index contributed by atoms with van der Waals surface area (Å²) < 4.78 is 5.54. The predicted octanol–water partition coefficient (Wildman–Crippen LogP) is 2.75. The van der Waals surface area contributed by atoms with Crippen molar-refractivity contribution < 1.29 is 9.84 Å². The van der Waals surface area contributed by atoms with Crippen molar-refractivity contribution in [2.24, 2.45) is 0 Å². The van der Waals surface area contributed by atoms with E-state index >= 15 is 0 Å². The Morgan fingerprint density at radius 1 is 1.05 bits per heavy atom. The molecule has 1 aliphatic heterocycles.